The molecular formula is C14H18N2O4S. The first-order chi connectivity index (χ1) is 10.1. The first-order valence-corrected chi connectivity index (χ1v) is 7.53. The average Bonchev–Trinajstić information content (AvgIpc) is 3.09. The van der Waals surface area contributed by atoms with Crippen molar-refractivity contribution in [2.75, 3.05) is 19.8 Å². The number of hydrogen-bond donors (Lipinski definition) is 2. The fraction of sp³-hybridized carbons (Fsp3) is 0.429. The molecule has 1 amide bonds. The highest BCUT2D eigenvalue weighted by atomic mass is 32.1. The number of rotatable bonds is 7. The van der Waals surface area contributed by atoms with E-state index < -0.39 is 0 Å². The molecule has 1 atom stereocenters. The van der Waals surface area contributed by atoms with Crippen molar-refractivity contribution in [1.82, 2.24) is 10.5 Å². The fourth-order valence-electron chi connectivity index (χ4n) is 2.01. The lowest BCUT2D eigenvalue weighted by Gasteiger charge is -2.17. The SMILES string of the molecule is Cc1noc(C)c1C(=O)NCC(OCCO)c1ccsc1. The summed E-state index contributed by atoms with van der Waals surface area (Å²) in [4.78, 5) is 12.2. The van der Waals surface area contributed by atoms with Crippen molar-refractivity contribution in [2.24, 2.45) is 0 Å². The van der Waals surface area contributed by atoms with Gasteiger partial charge in [0.25, 0.3) is 5.91 Å². The van der Waals surface area contributed by atoms with Gasteiger partial charge in [-0.1, -0.05) is 5.16 Å². The van der Waals surface area contributed by atoms with Gasteiger partial charge < -0.3 is 19.7 Å². The maximum atomic E-state index is 12.2. The topological polar surface area (TPSA) is 84.6 Å². The molecule has 0 bridgehead atoms. The molecule has 0 aliphatic rings. The molecule has 2 N–H and O–H groups in total. The van der Waals surface area contributed by atoms with Crippen LogP contribution in [-0.4, -0.2) is 35.9 Å². The van der Waals surface area contributed by atoms with Crippen molar-refractivity contribution in [3.8, 4) is 0 Å². The van der Waals surface area contributed by atoms with E-state index in [1.54, 1.807) is 25.2 Å². The van der Waals surface area contributed by atoms with Crippen molar-refractivity contribution in [3.05, 3.63) is 39.4 Å². The second kappa shape index (κ2) is 7.35. The Morgan fingerprint density at radius 3 is 2.95 bits per heavy atom. The number of aliphatic hydroxyl groups is 1. The van der Waals surface area contributed by atoms with E-state index in [9.17, 15) is 4.79 Å². The standard InChI is InChI=1S/C14H18N2O4S/c1-9-13(10(2)20-16-9)14(18)15-7-12(19-5-4-17)11-3-6-21-8-11/h3,6,8,12,17H,4-5,7H2,1-2H3,(H,15,18). The molecule has 0 aliphatic carbocycles. The minimum absolute atomic E-state index is 0.0571. The number of aromatic nitrogens is 1. The number of thiophene rings is 1. The van der Waals surface area contributed by atoms with Gasteiger partial charge in [0.05, 0.1) is 18.9 Å². The normalized spacial score (nSPS) is 12.3. The Labute approximate surface area is 126 Å². The molecule has 2 rings (SSSR count). The molecule has 2 aromatic heterocycles. The van der Waals surface area contributed by atoms with Gasteiger partial charge in [-0.15, -0.1) is 0 Å². The van der Waals surface area contributed by atoms with Crippen LogP contribution in [0.1, 0.15) is 33.5 Å². The van der Waals surface area contributed by atoms with Crippen LogP contribution < -0.4 is 5.32 Å². The second-order valence-corrected chi connectivity index (χ2v) is 5.33. The van der Waals surface area contributed by atoms with Crippen LogP contribution in [0.15, 0.2) is 21.3 Å². The Hall–Kier alpha value is -1.70. The van der Waals surface area contributed by atoms with Gasteiger partial charge in [-0.05, 0) is 36.2 Å². The third-order valence-corrected chi connectivity index (χ3v) is 3.74. The largest absolute Gasteiger partial charge is 0.394 e. The Kier molecular flexibility index (Phi) is 5.49. The van der Waals surface area contributed by atoms with Crippen molar-refractivity contribution in [3.63, 3.8) is 0 Å². The van der Waals surface area contributed by atoms with Crippen molar-refractivity contribution in [2.45, 2.75) is 20.0 Å². The van der Waals surface area contributed by atoms with E-state index in [-0.39, 0.29) is 25.2 Å². The quantitative estimate of drug-likeness (QED) is 0.815. The van der Waals surface area contributed by atoms with Gasteiger partial charge >= 0.3 is 0 Å². The number of hydrogen-bond acceptors (Lipinski definition) is 6. The molecule has 0 aliphatic heterocycles. The van der Waals surface area contributed by atoms with E-state index in [1.165, 1.54) is 0 Å². The number of carbonyl (C=O) groups excluding carboxylic acids is 1. The first kappa shape index (κ1) is 15.7. The summed E-state index contributed by atoms with van der Waals surface area (Å²) in [6.45, 7) is 3.91. The van der Waals surface area contributed by atoms with E-state index in [1.807, 2.05) is 16.8 Å². The molecule has 0 radical (unpaired) electrons. The molecule has 0 aromatic carbocycles. The maximum Gasteiger partial charge on any atom is 0.256 e. The summed E-state index contributed by atoms with van der Waals surface area (Å²) >= 11 is 1.56. The first-order valence-electron chi connectivity index (χ1n) is 6.59. The maximum absolute atomic E-state index is 12.2. The second-order valence-electron chi connectivity index (χ2n) is 4.55. The molecule has 0 fully saturated rings. The molecule has 0 saturated carbocycles. The molecule has 2 heterocycles. The number of aryl methyl sites for hydroxylation is 2. The summed E-state index contributed by atoms with van der Waals surface area (Å²) in [6.07, 6.45) is -0.284. The molecule has 0 spiro atoms. The van der Waals surface area contributed by atoms with E-state index in [0.717, 1.165) is 5.56 Å². The zero-order chi connectivity index (χ0) is 15.2. The van der Waals surface area contributed by atoms with Gasteiger partial charge in [-0.2, -0.15) is 11.3 Å². The molecule has 21 heavy (non-hydrogen) atoms. The van der Waals surface area contributed by atoms with E-state index in [2.05, 4.69) is 10.5 Å². The Balaban J connectivity index is 2.00. The predicted molar refractivity (Wildman–Crippen MR) is 78.4 cm³/mol. The third-order valence-electron chi connectivity index (χ3n) is 3.03. The highest BCUT2D eigenvalue weighted by Gasteiger charge is 2.19. The fourth-order valence-corrected chi connectivity index (χ4v) is 2.71. The van der Waals surface area contributed by atoms with Gasteiger partial charge in [0, 0.05) is 6.54 Å². The molecule has 7 heteroatoms. The summed E-state index contributed by atoms with van der Waals surface area (Å²) in [7, 11) is 0. The number of ether oxygens (including phenoxy) is 1. The summed E-state index contributed by atoms with van der Waals surface area (Å²) < 4.78 is 10.6. The smallest absolute Gasteiger partial charge is 0.256 e. The van der Waals surface area contributed by atoms with Gasteiger partial charge in [0.1, 0.15) is 17.4 Å². The van der Waals surface area contributed by atoms with Crippen molar-refractivity contribution in [1.29, 1.82) is 0 Å². The highest BCUT2D eigenvalue weighted by Crippen LogP contribution is 2.20. The Bertz CT molecular complexity index is 560. The average molecular weight is 310 g/mol. The lowest BCUT2D eigenvalue weighted by molar-refractivity contribution is 0.0279. The molecule has 2 aromatic rings. The monoisotopic (exact) mass is 310 g/mol. The summed E-state index contributed by atoms with van der Waals surface area (Å²) in [5.41, 5.74) is 2.00. The van der Waals surface area contributed by atoms with Crippen LogP contribution in [0.4, 0.5) is 0 Å². The Morgan fingerprint density at radius 2 is 2.38 bits per heavy atom. The minimum Gasteiger partial charge on any atom is -0.394 e. The molecular weight excluding hydrogens is 292 g/mol. The summed E-state index contributed by atoms with van der Waals surface area (Å²) in [6, 6.07) is 1.94. The van der Waals surface area contributed by atoms with Crippen LogP contribution in [0.25, 0.3) is 0 Å². The number of amides is 1. The van der Waals surface area contributed by atoms with E-state index in [4.69, 9.17) is 14.4 Å². The van der Waals surface area contributed by atoms with Crippen LogP contribution in [0.3, 0.4) is 0 Å². The molecule has 6 nitrogen and oxygen atoms in total. The van der Waals surface area contributed by atoms with Crippen LogP contribution >= 0.6 is 11.3 Å². The van der Waals surface area contributed by atoms with Gasteiger partial charge in [0.15, 0.2) is 0 Å². The lowest BCUT2D eigenvalue weighted by Crippen LogP contribution is -2.30. The summed E-state index contributed by atoms with van der Waals surface area (Å²) in [5, 5.41) is 19.4. The van der Waals surface area contributed by atoms with E-state index >= 15 is 0 Å². The van der Waals surface area contributed by atoms with E-state index in [0.29, 0.717) is 23.6 Å². The zero-order valence-electron chi connectivity index (χ0n) is 12.0. The number of carbonyl (C=O) groups is 1. The van der Waals surface area contributed by atoms with Gasteiger partial charge in [0.2, 0.25) is 0 Å². The zero-order valence-corrected chi connectivity index (χ0v) is 12.8. The van der Waals surface area contributed by atoms with Crippen LogP contribution in [0, 0.1) is 13.8 Å². The predicted octanol–water partition coefficient (Wildman–Crippen LogP) is 1.83. The van der Waals surface area contributed by atoms with Gasteiger partial charge in [-0.3, -0.25) is 4.79 Å². The van der Waals surface area contributed by atoms with Crippen molar-refractivity contribution >= 4 is 17.2 Å². The highest BCUT2D eigenvalue weighted by molar-refractivity contribution is 7.07. The summed E-state index contributed by atoms with van der Waals surface area (Å²) in [5.74, 6) is 0.257. The number of nitrogens with zero attached hydrogens (tertiary/aromatic N) is 1. The minimum atomic E-state index is -0.284. The Morgan fingerprint density at radius 1 is 1.57 bits per heavy atom. The molecule has 0 saturated heterocycles. The van der Waals surface area contributed by atoms with Crippen LogP contribution in [-0.2, 0) is 4.74 Å². The third kappa shape index (κ3) is 3.90. The molecule has 114 valence electrons. The molecule has 1 unspecified atom stereocenters. The van der Waals surface area contributed by atoms with Crippen molar-refractivity contribution < 1.29 is 19.2 Å². The van der Waals surface area contributed by atoms with Gasteiger partial charge in [-0.25, -0.2) is 0 Å². The van der Waals surface area contributed by atoms with Crippen LogP contribution in [0.2, 0.25) is 0 Å². The number of aliphatic hydroxyl groups excluding tert-OH is 1. The van der Waals surface area contributed by atoms with Crippen LogP contribution in [0.5, 0.6) is 0 Å². The number of nitrogens with one attached hydrogen (secondary N) is 1. The lowest BCUT2D eigenvalue weighted by atomic mass is 10.1.